The maximum absolute atomic E-state index is 6.23. The summed E-state index contributed by atoms with van der Waals surface area (Å²) in [6, 6.07) is 3.87. The fourth-order valence-electron chi connectivity index (χ4n) is 1.98. The molecule has 0 fully saturated rings. The first-order chi connectivity index (χ1) is 8.63. The Labute approximate surface area is 115 Å². The second-order valence-electron chi connectivity index (χ2n) is 4.28. The number of aryl methyl sites for hydroxylation is 2. The molecular weight excluding hydrogens is 292 g/mol. The molecule has 0 spiro atoms. The Kier molecular flexibility index (Phi) is 4.14. The Morgan fingerprint density at radius 1 is 1.39 bits per heavy atom. The van der Waals surface area contributed by atoms with Crippen LogP contribution in [0.5, 0.6) is 0 Å². The van der Waals surface area contributed by atoms with E-state index in [1.54, 1.807) is 12.4 Å². The van der Waals surface area contributed by atoms with Crippen molar-refractivity contribution in [2.75, 3.05) is 0 Å². The third-order valence-corrected chi connectivity index (χ3v) is 3.97. The quantitative estimate of drug-likeness (QED) is 0.943. The third-order valence-electron chi connectivity index (χ3n) is 3.05. The summed E-state index contributed by atoms with van der Waals surface area (Å²) in [7, 11) is 1.96. The topological polar surface area (TPSA) is 56.7 Å². The molecule has 2 aromatic rings. The van der Waals surface area contributed by atoms with E-state index < -0.39 is 0 Å². The van der Waals surface area contributed by atoms with Crippen LogP contribution in [0, 0.1) is 0 Å². The van der Waals surface area contributed by atoms with E-state index in [0.717, 1.165) is 34.3 Å². The third kappa shape index (κ3) is 2.62. The standard InChI is InChI=1S/C13H17BrN4/c1-3-11-13(14)12(18(2)17-11)8-10(15)9-4-6-16-7-5-9/h4-7,10H,3,8,15H2,1-2H3. The van der Waals surface area contributed by atoms with Gasteiger partial charge in [-0.25, -0.2) is 0 Å². The Morgan fingerprint density at radius 2 is 2.06 bits per heavy atom. The SMILES string of the molecule is CCc1nn(C)c(CC(N)c2ccncc2)c1Br. The maximum Gasteiger partial charge on any atom is 0.0766 e. The second-order valence-corrected chi connectivity index (χ2v) is 5.07. The van der Waals surface area contributed by atoms with Gasteiger partial charge in [0.25, 0.3) is 0 Å². The molecule has 2 heterocycles. The summed E-state index contributed by atoms with van der Waals surface area (Å²) in [5.41, 5.74) is 9.53. The molecule has 0 aliphatic heterocycles. The zero-order valence-corrected chi connectivity index (χ0v) is 12.2. The zero-order chi connectivity index (χ0) is 13.1. The number of hydrogen-bond donors (Lipinski definition) is 1. The van der Waals surface area contributed by atoms with E-state index in [-0.39, 0.29) is 6.04 Å². The molecule has 0 amide bonds. The molecule has 0 bridgehead atoms. The molecule has 0 radical (unpaired) electrons. The predicted molar refractivity (Wildman–Crippen MR) is 75.2 cm³/mol. The van der Waals surface area contributed by atoms with Crippen molar-refractivity contribution in [3.05, 3.63) is 46.0 Å². The normalized spacial score (nSPS) is 12.7. The number of hydrogen-bond acceptors (Lipinski definition) is 3. The van der Waals surface area contributed by atoms with E-state index >= 15 is 0 Å². The Hall–Kier alpha value is -1.20. The van der Waals surface area contributed by atoms with Crippen molar-refractivity contribution in [3.8, 4) is 0 Å². The molecule has 0 aliphatic rings. The van der Waals surface area contributed by atoms with Gasteiger partial charge in [0.2, 0.25) is 0 Å². The van der Waals surface area contributed by atoms with Crippen LogP contribution in [0.3, 0.4) is 0 Å². The van der Waals surface area contributed by atoms with Crippen molar-refractivity contribution in [2.24, 2.45) is 12.8 Å². The van der Waals surface area contributed by atoms with E-state index in [4.69, 9.17) is 5.73 Å². The van der Waals surface area contributed by atoms with Crippen molar-refractivity contribution in [2.45, 2.75) is 25.8 Å². The highest BCUT2D eigenvalue weighted by molar-refractivity contribution is 9.10. The summed E-state index contributed by atoms with van der Waals surface area (Å²) in [6.45, 7) is 2.10. The molecule has 0 aliphatic carbocycles. The van der Waals surface area contributed by atoms with E-state index in [1.807, 2.05) is 23.9 Å². The van der Waals surface area contributed by atoms with Crippen molar-refractivity contribution in [3.63, 3.8) is 0 Å². The number of aromatic nitrogens is 3. The van der Waals surface area contributed by atoms with Gasteiger partial charge >= 0.3 is 0 Å². The molecule has 2 aromatic heterocycles. The summed E-state index contributed by atoms with van der Waals surface area (Å²) >= 11 is 3.61. The Morgan fingerprint density at radius 3 is 2.61 bits per heavy atom. The molecule has 0 saturated carbocycles. The average molecular weight is 309 g/mol. The van der Waals surface area contributed by atoms with Crippen molar-refractivity contribution >= 4 is 15.9 Å². The van der Waals surface area contributed by atoms with Crippen LogP contribution in [-0.2, 0) is 19.9 Å². The molecule has 96 valence electrons. The molecule has 4 nitrogen and oxygen atoms in total. The Bertz CT molecular complexity index is 521. The maximum atomic E-state index is 6.23. The molecule has 0 saturated heterocycles. The summed E-state index contributed by atoms with van der Waals surface area (Å²) in [6.07, 6.45) is 5.21. The lowest BCUT2D eigenvalue weighted by atomic mass is 10.0. The van der Waals surface area contributed by atoms with Gasteiger partial charge in [-0.2, -0.15) is 5.10 Å². The van der Waals surface area contributed by atoms with Crippen LogP contribution in [0.2, 0.25) is 0 Å². The van der Waals surface area contributed by atoms with Crippen LogP contribution in [-0.4, -0.2) is 14.8 Å². The van der Waals surface area contributed by atoms with Crippen molar-refractivity contribution < 1.29 is 0 Å². The predicted octanol–water partition coefficient (Wildman–Crippen LogP) is 2.38. The van der Waals surface area contributed by atoms with Gasteiger partial charge in [-0.15, -0.1) is 0 Å². The van der Waals surface area contributed by atoms with Crippen LogP contribution in [0.1, 0.15) is 29.9 Å². The van der Waals surface area contributed by atoms with Gasteiger partial charge in [0.15, 0.2) is 0 Å². The smallest absolute Gasteiger partial charge is 0.0766 e. The largest absolute Gasteiger partial charge is 0.324 e. The summed E-state index contributed by atoms with van der Waals surface area (Å²) in [4.78, 5) is 4.00. The van der Waals surface area contributed by atoms with E-state index in [0.29, 0.717) is 0 Å². The lowest BCUT2D eigenvalue weighted by Gasteiger charge is -2.12. The highest BCUT2D eigenvalue weighted by atomic mass is 79.9. The first-order valence-electron chi connectivity index (χ1n) is 5.99. The number of nitrogens with two attached hydrogens (primary N) is 1. The van der Waals surface area contributed by atoms with Crippen LogP contribution in [0.25, 0.3) is 0 Å². The average Bonchev–Trinajstić information content (AvgIpc) is 2.67. The lowest BCUT2D eigenvalue weighted by Crippen LogP contribution is -2.15. The van der Waals surface area contributed by atoms with Crippen molar-refractivity contribution in [1.29, 1.82) is 0 Å². The first kappa shape index (κ1) is 13.2. The molecule has 5 heteroatoms. The fraction of sp³-hybridized carbons (Fsp3) is 0.385. The minimum atomic E-state index is -0.0376. The molecule has 1 unspecified atom stereocenters. The van der Waals surface area contributed by atoms with Gasteiger partial charge in [0.05, 0.1) is 15.9 Å². The summed E-state index contributed by atoms with van der Waals surface area (Å²) in [5.74, 6) is 0. The minimum Gasteiger partial charge on any atom is -0.324 e. The Balaban J connectivity index is 2.22. The van der Waals surface area contributed by atoms with Gasteiger partial charge in [0.1, 0.15) is 0 Å². The molecule has 2 rings (SSSR count). The second kappa shape index (κ2) is 5.63. The van der Waals surface area contributed by atoms with E-state index in [9.17, 15) is 0 Å². The summed E-state index contributed by atoms with van der Waals surface area (Å²) < 4.78 is 2.99. The molecule has 0 aromatic carbocycles. The molecule has 2 N–H and O–H groups in total. The van der Waals surface area contributed by atoms with E-state index in [1.165, 1.54) is 0 Å². The van der Waals surface area contributed by atoms with Crippen LogP contribution in [0.4, 0.5) is 0 Å². The van der Waals surface area contributed by atoms with Crippen LogP contribution < -0.4 is 5.73 Å². The molecule has 1 atom stereocenters. The highest BCUT2D eigenvalue weighted by Crippen LogP contribution is 2.25. The van der Waals surface area contributed by atoms with Crippen LogP contribution in [0.15, 0.2) is 29.0 Å². The highest BCUT2D eigenvalue weighted by Gasteiger charge is 2.16. The number of nitrogens with zero attached hydrogens (tertiary/aromatic N) is 3. The molecular formula is C13H17BrN4. The van der Waals surface area contributed by atoms with Crippen molar-refractivity contribution in [1.82, 2.24) is 14.8 Å². The fourth-order valence-corrected chi connectivity index (χ4v) is 2.76. The first-order valence-corrected chi connectivity index (χ1v) is 6.78. The number of rotatable bonds is 4. The van der Waals surface area contributed by atoms with Gasteiger partial charge in [-0.05, 0) is 40.0 Å². The minimum absolute atomic E-state index is 0.0376. The van der Waals surface area contributed by atoms with E-state index in [2.05, 4.69) is 32.9 Å². The van der Waals surface area contributed by atoms with Gasteiger partial charge in [-0.1, -0.05) is 6.92 Å². The van der Waals surface area contributed by atoms with Crippen LogP contribution >= 0.6 is 15.9 Å². The lowest BCUT2D eigenvalue weighted by molar-refractivity contribution is 0.636. The van der Waals surface area contributed by atoms with Gasteiger partial charge < -0.3 is 5.73 Å². The van der Waals surface area contributed by atoms with Gasteiger partial charge in [0, 0.05) is 31.9 Å². The molecule has 18 heavy (non-hydrogen) atoms. The number of halogens is 1. The summed E-state index contributed by atoms with van der Waals surface area (Å²) in [5, 5.41) is 4.48. The monoisotopic (exact) mass is 308 g/mol. The number of pyridine rings is 1. The van der Waals surface area contributed by atoms with Gasteiger partial charge in [-0.3, -0.25) is 9.67 Å². The zero-order valence-electron chi connectivity index (χ0n) is 10.6.